The molecule has 222 valence electrons. The number of hydrogen-bond acceptors (Lipinski definition) is 7. The number of aliphatic imine (C=N–C) groups is 1. The van der Waals surface area contributed by atoms with Crippen molar-refractivity contribution in [2.45, 2.75) is 43.9 Å². The Labute approximate surface area is 257 Å². The number of pyridine rings is 1. The van der Waals surface area contributed by atoms with Gasteiger partial charge in [-0.15, -0.1) is 0 Å². The highest BCUT2D eigenvalue weighted by Gasteiger charge is 2.56. The summed E-state index contributed by atoms with van der Waals surface area (Å²) in [6, 6.07) is 42.2. The fourth-order valence-corrected chi connectivity index (χ4v) is 5.67. The molecule has 1 spiro atoms. The normalized spacial score (nSPS) is 23.0. The minimum atomic E-state index is -1.13. The molecule has 2 aliphatic rings. The SMILES string of the molecule is c1ccc(CO[C@@H]2[C@H](OCc3ccccc3)COC3(COC(c4ccc5ccccc5n4)=N3)[C@H]2OCc2ccccc2)cc1. The largest absolute Gasteiger partial charge is 0.471 e. The smallest absolute Gasteiger partial charge is 0.238 e. The lowest BCUT2D eigenvalue weighted by Gasteiger charge is -2.45. The van der Waals surface area contributed by atoms with Gasteiger partial charge < -0.3 is 23.7 Å². The molecular weight excluding hydrogens is 552 g/mol. The summed E-state index contributed by atoms with van der Waals surface area (Å²) >= 11 is 0. The molecule has 7 nitrogen and oxygen atoms in total. The zero-order valence-electron chi connectivity index (χ0n) is 24.3. The molecular formula is C37H34N2O5. The van der Waals surface area contributed by atoms with Crippen LogP contribution in [0.4, 0.5) is 0 Å². The first-order valence-corrected chi connectivity index (χ1v) is 15.0. The molecule has 0 N–H and O–H groups in total. The number of para-hydroxylation sites is 1. The van der Waals surface area contributed by atoms with Crippen LogP contribution in [-0.2, 0) is 43.5 Å². The molecule has 44 heavy (non-hydrogen) atoms. The predicted molar refractivity (Wildman–Crippen MR) is 168 cm³/mol. The molecule has 0 saturated carbocycles. The van der Waals surface area contributed by atoms with Crippen LogP contribution in [0.15, 0.2) is 132 Å². The van der Waals surface area contributed by atoms with Crippen molar-refractivity contribution in [2.75, 3.05) is 13.2 Å². The van der Waals surface area contributed by atoms with Crippen molar-refractivity contribution in [1.82, 2.24) is 4.98 Å². The molecule has 5 aromatic rings. The Kier molecular flexibility index (Phi) is 8.43. The number of fused-ring (bicyclic) bond motifs is 1. The van der Waals surface area contributed by atoms with Crippen molar-refractivity contribution >= 4 is 16.8 Å². The van der Waals surface area contributed by atoms with E-state index in [1.54, 1.807) is 0 Å². The Morgan fingerprint density at radius 3 is 1.91 bits per heavy atom. The van der Waals surface area contributed by atoms with E-state index in [1.807, 2.05) is 115 Å². The van der Waals surface area contributed by atoms with Crippen LogP contribution in [0, 0.1) is 0 Å². The Balaban J connectivity index is 1.22. The Bertz CT molecular complexity index is 1700. The number of nitrogens with zero attached hydrogens (tertiary/aromatic N) is 2. The molecule has 3 heterocycles. The molecule has 0 amide bonds. The van der Waals surface area contributed by atoms with Gasteiger partial charge in [-0.25, -0.2) is 9.98 Å². The van der Waals surface area contributed by atoms with E-state index in [-0.39, 0.29) is 13.2 Å². The summed E-state index contributed by atoms with van der Waals surface area (Å²) in [6.07, 6.45) is -1.52. The highest BCUT2D eigenvalue weighted by Crippen LogP contribution is 2.38. The molecule has 1 unspecified atom stereocenters. The van der Waals surface area contributed by atoms with E-state index in [4.69, 9.17) is 33.7 Å². The van der Waals surface area contributed by atoms with Crippen molar-refractivity contribution in [3.05, 3.63) is 150 Å². The van der Waals surface area contributed by atoms with Crippen molar-refractivity contribution in [2.24, 2.45) is 4.99 Å². The monoisotopic (exact) mass is 586 g/mol. The van der Waals surface area contributed by atoms with Crippen LogP contribution in [0.3, 0.4) is 0 Å². The van der Waals surface area contributed by atoms with Gasteiger partial charge >= 0.3 is 0 Å². The first-order chi connectivity index (χ1) is 21.8. The molecule has 0 aliphatic carbocycles. The lowest BCUT2D eigenvalue weighted by Crippen LogP contribution is -2.63. The maximum absolute atomic E-state index is 6.71. The van der Waals surface area contributed by atoms with Crippen LogP contribution >= 0.6 is 0 Å². The van der Waals surface area contributed by atoms with Crippen LogP contribution in [-0.4, -0.2) is 48.1 Å². The fourth-order valence-electron chi connectivity index (χ4n) is 5.67. The van der Waals surface area contributed by atoms with Crippen molar-refractivity contribution < 1.29 is 23.7 Å². The van der Waals surface area contributed by atoms with Gasteiger partial charge in [-0.2, -0.15) is 0 Å². The zero-order valence-corrected chi connectivity index (χ0v) is 24.3. The van der Waals surface area contributed by atoms with Gasteiger partial charge in [0.25, 0.3) is 0 Å². The third-order valence-corrected chi connectivity index (χ3v) is 8.00. The van der Waals surface area contributed by atoms with Crippen LogP contribution in [0.1, 0.15) is 22.4 Å². The van der Waals surface area contributed by atoms with Crippen LogP contribution in [0.5, 0.6) is 0 Å². The van der Waals surface area contributed by atoms with Crippen LogP contribution in [0.2, 0.25) is 0 Å². The second kappa shape index (κ2) is 13.1. The molecule has 7 heteroatoms. The predicted octanol–water partition coefficient (Wildman–Crippen LogP) is 6.49. The van der Waals surface area contributed by atoms with E-state index in [2.05, 4.69) is 12.1 Å². The summed E-state index contributed by atoms with van der Waals surface area (Å²) in [7, 11) is 0. The Hall–Kier alpha value is -4.40. The lowest BCUT2D eigenvalue weighted by atomic mass is 9.94. The van der Waals surface area contributed by atoms with E-state index < -0.39 is 24.0 Å². The molecule has 1 saturated heterocycles. The molecule has 1 fully saturated rings. The summed E-state index contributed by atoms with van der Waals surface area (Å²) in [5, 5.41) is 1.05. The first-order valence-electron chi connectivity index (χ1n) is 15.0. The fraction of sp³-hybridized carbons (Fsp3) is 0.243. The summed E-state index contributed by atoms with van der Waals surface area (Å²) < 4.78 is 32.7. The quantitative estimate of drug-likeness (QED) is 0.186. The molecule has 0 radical (unpaired) electrons. The molecule has 4 atom stereocenters. The van der Waals surface area contributed by atoms with Crippen LogP contribution in [0.25, 0.3) is 10.9 Å². The number of rotatable bonds is 10. The standard InChI is InChI=1S/C37H34N2O5/c1-4-12-27(13-5-1)22-40-33-25-44-37(26-43-36(39-37)32-21-20-30-18-10-11-19-31(30)38-32)35(42-24-29-16-8-3-9-17-29)34(33)41-23-28-14-6-2-7-15-28/h1-21,33-35H,22-26H2/t33-,34-,35+,37?/m1/s1. The second-order valence-corrected chi connectivity index (χ2v) is 11.1. The van der Waals surface area contributed by atoms with Gasteiger partial charge in [0.15, 0.2) is 0 Å². The van der Waals surface area contributed by atoms with E-state index in [0.717, 1.165) is 27.6 Å². The maximum atomic E-state index is 6.71. The van der Waals surface area contributed by atoms with Gasteiger partial charge in [0.1, 0.15) is 30.6 Å². The minimum absolute atomic E-state index is 0.174. The Morgan fingerprint density at radius 1 is 0.636 bits per heavy atom. The number of aromatic nitrogens is 1. The number of ether oxygens (including phenoxy) is 5. The lowest BCUT2D eigenvalue weighted by molar-refractivity contribution is -0.275. The highest BCUT2D eigenvalue weighted by atomic mass is 16.6. The van der Waals surface area contributed by atoms with Gasteiger partial charge in [-0.05, 0) is 28.8 Å². The summed E-state index contributed by atoms with van der Waals surface area (Å²) in [5.74, 6) is 0.425. The average Bonchev–Trinajstić information content (AvgIpc) is 3.52. The zero-order chi connectivity index (χ0) is 29.6. The summed E-state index contributed by atoms with van der Waals surface area (Å²) in [4.78, 5) is 9.88. The van der Waals surface area contributed by atoms with Crippen molar-refractivity contribution in [3.8, 4) is 0 Å². The Morgan fingerprint density at radius 2 is 1.23 bits per heavy atom. The average molecular weight is 587 g/mol. The number of hydrogen-bond donors (Lipinski definition) is 0. The van der Waals surface area contributed by atoms with Crippen molar-refractivity contribution in [1.29, 1.82) is 0 Å². The van der Waals surface area contributed by atoms with Gasteiger partial charge in [0, 0.05) is 5.39 Å². The number of benzene rings is 4. The molecule has 7 rings (SSSR count). The minimum Gasteiger partial charge on any atom is -0.471 e. The topological polar surface area (TPSA) is 71.4 Å². The van der Waals surface area contributed by atoms with E-state index in [1.165, 1.54) is 0 Å². The van der Waals surface area contributed by atoms with Gasteiger partial charge in [0.2, 0.25) is 11.6 Å². The van der Waals surface area contributed by atoms with E-state index >= 15 is 0 Å². The van der Waals surface area contributed by atoms with Gasteiger partial charge in [-0.1, -0.05) is 115 Å². The third-order valence-electron chi connectivity index (χ3n) is 8.00. The second-order valence-electron chi connectivity index (χ2n) is 11.1. The van der Waals surface area contributed by atoms with Gasteiger partial charge in [-0.3, -0.25) is 0 Å². The molecule has 0 bridgehead atoms. The van der Waals surface area contributed by atoms with Crippen molar-refractivity contribution in [3.63, 3.8) is 0 Å². The summed E-state index contributed by atoms with van der Waals surface area (Å²) in [5.41, 5.74) is 3.56. The summed E-state index contributed by atoms with van der Waals surface area (Å²) in [6.45, 7) is 1.61. The molecule has 4 aromatic carbocycles. The van der Waals surface area contributed by atoms with Gasteiger partial charge in [0.05, 0.1) is 31.9 Å². The maximum Gasteiger partial charge on any atom is 0.238 e. The molecule has 1 aromatic heterocycles. The van der Waals surface area contributed by atoms with Crippen LogP contribution < -0.4 is 0 Å². The highest BCUT2D eigenvalue weighted by molar-refractivity contribution is 5.96. The van der Waals surface area contributed by atoms with E-state index in [9.17, 15) is 0 Å². The van der Waals surface area contributed by atoms with E-state index in [0.29, 0.717) is 31.4 Å². The third kappa shape index (κ3) is 6.27. The molecule has 2 aliphatic heterocycles. The first kappa shape index (κ1) is 28.4.